The van der Waals surface area contributed by atoms with Gasteiger partial charge in [0.05, 0.1) is 47.1 Å². The molecule has 0 aliphatic carbocycles. The predicted molar refractivity (Wildman–Crippen MR) is 139 cm³/mol. The summed E-state index contributed by atoms with van der Waals surface area (Å²) in [6.07, 6.45) is 1.77. The first-order valence-corrected chi connectivity index (χ1v) is 12.6. The van der Waals surface area contributed by atoms with E-state index in [9.17, 15) is 9.59 Å². The summed E-state index contributed by atoms with van der Waals surface area (Å²) in [4.78, 5) is 31.8. The molecule has 1 aromatic heterocycles. The molecule has 0 bridgehead atoms. The average molecular weight is 557 g/mol. The Labute approximate surface area is 215 Å². The van der Waals surface area contributed by atoms with E-state index < -0.39 is 12.0 Å². The number of carbonyl (C=O) groups excluding carboxylic acids is 1. The average Bonchev–Trinajstić information content (AvgIpc) is 3.13. The molecular weight excluding hydrogens is 532 g/mol. The number of hydrogen-bond acceptors (Lipinski definition) is 7. The van der Waals surface area contributed by atoms with Crippen LogP contribution in [0.25, 0.3) is 6.08 Å². The monoisotopic (exact) mass is 556 g/mol. The van der Waals surface area contributed by atoms with E-state index >= 15 is 0 Å². The molecule has 0 saturated heterocycles. The van der Waals surface area contributed by atoms with Crippen LogP contribution in [-0.2, 0) is 9.53 Å². The fourth-order valence-corrected chi connectivity index (χ4v) is 5.55. The van der Waals surface area contributed by atoms with Crippen molar-refractivity contribution < 1.29 is 19.0 Å². The molecule has 0 fully saturated rings. The zero-order valence-electron chi connectivity index (χ0n) is 20.0. The van der Waals surface area contributed by atoms with Crippen molar-refractivity contribution in [2.75, 3.05) is 20.8 Å². The number of carbonyl (C=O) groups is 1. The fraction of sp³-hybridized carbons (Fsp3) is 0.269. The van der Waals surface area contributed by atoms with Crippen molar-refractivity contribution in [3.8, 4) is 11.5 Å². The number of nitrogens with zero attached hydrogens (tertiary/aromatic N) is 2. The molecule has 0 saturated carbocycles. The predicted octanol–water partition coefficient (Wildman–Crippen LogP) is 3.89. The van der Waals surface area contributed by atoms with Crippen LogP contribution >= 0.6 is 27.3 Å². The number of benzene rings is 2. The lowest BCUT2D eigenvalue weighted by Gasteiger charge is -2.24. The van der Waals surface area contributed by atoms with Crippen molar-refractivity contribution >= 4 is 39.3 Å². The van der Waals surface area contributed by atoms with Crippen molar-refractivity contribution in [2.45, 2.75) is 26.8 Å². The topological polar surface area (TPSA) is 79.1 Å². The fourth-order valence-electron chi connectivity index (χ4n) is 3.99. The van der Waals surface area contributed by atoms with Crippen LogP contribution in [0.4, 0.5) is 0 Å². The van der Waals surface area contributed by atoms with E-state index in [1.165, 1.54) is 11.3 Å². The summed E-state index contributed by atoms with van der Waals surface area (Å²) in [6, 6.07) is 10.7. The Morgan fingerprint density at radius 3 is 2.46 bits per heavy atom. The number of allylic oxidation sites excluding steroid dienone is 1. The number of thiazole rings is 1. The van der Waals surface area contributed by atoms with Crippen molar-refractivity contribution in [1.82, 2.24) is 4.57 Å². The van der Waals surface area contributed by atoms with Gasteiger partial charge in [-0.05, 0) is 54.4 Å². The Hall–Kier alpha value is -3.17. The summed E-state index contributed by atoms with van der Waals surface area (Å²) in [5.41, 5.74) is 3.24. The molecule has 3 aromatic rings. The van der Waals surface area contributed by atoms with Gasteiger partial charge in [0.2, 0.25) is 0 Å². The van der Waals surface area contributed by atoms with Crippen molar-refractivity contribution in [3.05, 3.63) is 88.5 Å². The summed E-state index contributed by atoms with van der Waals surface area (Å²) in [5, 5.41) is 0. The summed E-state index contributed by atoms with van der Waals surface area (Å²) in [6.45, 7) is 5.74. The summed E-state index contributed by atoms with van der Waals surface area (Å²) >= 11 is 4.76. The molecule has 1 atom stereocenters. The Kier molecular flexibility index (Phi) is 7.28. The lowest BCUT2D eigenvalue weighted by Crippen LogP contribution is -2.39. The van der Waals surface area contributed by atoms with Gasteiger partial charge in [-0.25, -0.2) is 9.79 Å². The third-order valence-corrected chi connectivity index (χ3v) is 7.30. The Balaban J connectivity index is 1.96. The molecule has 0 N–H and O–H groups in total. The Bertz CT molecular complexity index is 1500. The van der Waals surface area contributed by atoms with Crippen LogP contribution in [0.5, 0.6) is 11.5 Å². The molecule has 2 heterocycles. The molecule has 0 radical (unpaired) electrons. The maximum absolute atomic E-state index is 13.7. The van der Waals surface area contributed by atoms with E-state index in [0.29, 0.717) is 37.7 Å². The molecule has 0 spiro atoms. The highest BCUT2D eigenvalue weighted by molar-refractivity contribution is 9.10. The van der Waals surface area contributed by atoms with Gasteiger partial charge in [-0.1, -0.05) is 41.2 Å². The van der Waals surface area contributed by atoms with Gasteiger partial charge in [0, 0.05) is 11.6 Å². The van der Waals surface area contributed by atoms with Gasteiger partial charge < -0.3 is 14.2 Å². The minimum absolute atomic E-state index is 0.229. The van der Waals surface area contributed by atoms with E-state index in [0.717, 1.165) is 15.6 Å². The van der Waals surface area contributed by atoms with Crippen LogP contribution in [0.1, 0.15) is 36.6 Å². The lowest BCUT2D eigenvalue weighted by atomic mass is 9.95. The van der Waals surface area contributed by atoms with Crippen LogP contribution in [0.3, 0.4) is 0 Å². The van der Waals surface area contributed by atoms with Crippen LogP contribution < -0.4 is 24.4 Å². The van der Waals surface area contributed by atoms with Crippen LogP contribution in [0.2, 0.25) is 0 Å². The molecule has 0 amide bonds. The molecule has 9 heteroatoms. The highest BCUT2D eigenvalue weighted by Crippen LogP contribution is 2.34. The molecule has 1 aliphatic heterocycles. The molecule has 35 heavy (non-hydrogen) atoms. The first kappa shape index (κ1) is 24.9. The molecule has 182 valence electrons. The second-order valence-electron chi connectivity index (χ2n) is 7.94. The highest BCUT2D eigenvalue weighted by Gasteiger charge is 2.33. The van der Waals surface area contributed by atoms with Gasteiger partial charge in [-0.2, -0.15) is 0 Å². The SMILES string of the molecule is CCOC(=O)C1=C(C)N=c2sc(=Cc3cc(Br)c(OC)cc3OC)c(=O)n2C1c1ccc(C)cc1. The van der Waals surface area contributed by atoms with Gasteiger partial charge in [0.25, 0.3) is 5.56 Å². The van der Waals surface area contributed by atoms with Crippen LogP contribution in [0.15, 0.2) is 61.9 Å². The molecular formula is C26H25BrN2O5S. The van der Waals surface area contributed by atoms with E-state index in [1.807, 2.05) is 37.3 Å². The minimum Gasteiger partial charge on any atom is -0.496 e. The van der Waals surface area contributed by atoms with E-state index in [4.69, 9.17) is 14.2 Å². The van der Waals surface area contributed by atoms with Crippen molar-refractivity contribution in [3.63, 3.8) is 0 Å². The zero-order chi connectivity index (χ0) is 25.3. The minimum atomic E-state index is -0.641. The van der Waals surface area contributed by atoms with Gasteiger partial charge in [-0.3, -0.25) is 9.36 Å². The normalized spacial score (nSPS) is 15.5. The molecule has 1 unspecified atom stereocenters. The lowest BCUT2D eigenvalue weighted by molar-refractivity contribution is -0.139. The van der Waals surface area contributed by atoms with Gasteiger partial charge >= 0.3 is 5.97 Å². The quantitative estimate of drug-likeness (QED) is 0.430. The number of halogens is 1. The summed E-state index contributed by atoms with van der Waals surface area (Å²) < 4.78 is 19.0. The zero-order valence-corrected chi connectivity index (χ0v) is 22.5. The number of ether oxygens (including phenoxy) is 3. The molecule has 2 aromatic carbocycles. The maximum Gasteiger partial charge on any atom is 0.338 e. The number of hydrogen-bond donors (Lipinski definition) is 0. The molecule has 1 aliphatic rings. The highest BCUT2D eigenvalue weighted by atomic mass is 79.9. The second kappa shape index (κ2) is 10.2. The third kappa shape index (κ3) is 4.70. The van der Waals surface area contributed by atoms with Crippen molar-refractivity contribution in [1.29, 1.82) is 0 Å². The third-order valence-electron chi connectivity index (χ3n) is 5.70. The number of methoxy groups -OCH3 is 2. The Morgan fingerprint density at radius 1 is 1.14 bits per heavy atom. The van der Waals surface area contributed by atoms with E-state index in [1.54, 1.807) is 44.8 Å². The van der Waals surface area contributed by atoms with Gasteiger partial charge in [0.1, 0.15) is 11.5 Å². The molecule has 4 rings (SSSR count). The van der Waals surface area contributed by atoms with Crippen LogP contribution in [0, 0.1) is 6.92 Å². The number of fused-ring (bicyclic) bond motifs is 1. The van der Waals surface area contributed by atoms with Crippen LogP contribution in [-0.4, -0.2) is 31.4 Å². The van der Waals surface area contributed by atoms with E-state index in [-0.39, 0.29) is 12.2 Å². The number of esters is 1. The maximum atomic E-state index is 13.7. The van der Waals surface area contributed by atoms with Crippen molar-refractivity contribution in [2.24, 2.45) is 4.99 Å². The Morgan fingerprint density at radius 2 is 1.83 bits per heavy atom. The van der Waals surface area contributed by atoms with E-state index in [2.05, 4.69) is 20.9 Å². The standard InChI is InChI=1S/C26H25BrN2O5S/c1-6-34-25(31)22-15(3)28-26-29(23(22)16-9-7-14(2)8-10-16)24(30)21(35-26)12-17-11-18(27)20(33-5)13-19(17)32-4/h7-13,23H,6H2,1-5H3. The smallest absolute Gasteiger partial charge is 0.338 e. The van der Waals surface area contributed by atoms with Gasteiger partial charge in [-0.15, -0.1) is 0 Å². The second-order valence-corrected chi connectivity index (χ2v) is 9.81. The largest absolute Gasteiger partial charge is 0.496 e. The summed E-state index contributed by atoms with van der Waals surface area (Å²) in [5.74, 6) is 0.707. The number of aromatic nitrogens is 1. The molecule has 7 nitrogen and oxygen atoms in total. The first-order valence-electron chi connectivity index (χ1n) is 11.0. The van der Waals surface area contributed by atoms with Gasteiger partial charge in [0.15, 0.2) is 4.80 Å². The summed E-state index contributed by atoms with van der Waals surface area (Å²) in [7, 11) is 3.14. The number of rotatable bonds is 6. The number of aryl methyl sites for hydroxylation is 1. The first-order chi connectivity index (χ1) is 16.8.